The van der Waals surface area contributed by atoms with Gasteiger partial charge in [0.1, 0.15) is 6.07 Å². The van der Waals surface area contributed by atoms with Gasteiger partial charge in [0.25, 0.3) is 0 Å². The molecule has 162 valence electrons. The Balaban J connectivity index is 1.44. The fourth-order valence-corrected chi connectivity index (χ4v) is 4.48. The lowest BCUT2D eigenvalue weighted by molar-refractivity contribution is 0.209. The molecule has 2 fully saturated rings. The second kappa shape index (κ2) is 9.31. The van der Waals surface area contributed by atoms with Crippen molar-refractivity contribution in [3.63, 3.8) is 0 Å². The van der Waals surface area contributed by atoms with Crippen LogP contribution in [0.25, 0.3) is 0 Å². The summed E-state index contributed by atoms with van der Waals surface area (Å²) >= 11 is 0. The Morgan fingerprint density at radius 1 is 1.06 bits per heavy atom. The second-order valence-corrected chi connectivity index (χ2v) is 8.44. The minimum absolute atomic E-state index is 0.129. The van der Waals surface area contributed by atoms with E-state index in [0.717, 1.165) is 64.0 Å². The molecule has 8 heteroatoms. The third-order valence-electron chi connectivity index (χ3n) is 6.30. The molecule has 0 bridgehead atoms. The Bertz CT molecular complexity index is 939. The number of amides is 2. The largest absolute Gasteiger partial charge is 0.369 e. The molecule has 4 rings (SSSR count). The molecule has 8 nitrogen and oxygen atoms in total. The molecule has 2 aromatic rings. The molecular weight excluding hydrogens is 390 g/mol. The lowest BCUT2D eigenvalue weighted by atomic mass is 9.79. The highest BCUT2D eigenvalue weighted by Gasteiger charge is 2.37. The van der Waals surface area contributed by atoms with Crippen LogP contribution in [0.2, 0.25) is 0 Å². The van der Waals surface area contributed by atoms with Crippen LogP contribution in [0.5, 0.6) is 0 Å². The molecule has 1 saturated carbocycles. The fourth-order valence-electron chi connectivity index (χ4n) is 4.48. The molecule has 1 aromatic carbocycles. The average Bonchev–Trinajstić information content (AvgIpc) is 2.81. The summed E-state index contributed by atoms with van der Waals surface area (Å²) < 4.78 is 0. The summed E-state index contributed by atoms with van der Waals surface area (Å²) in [4.78, 5) is 25.9. The van der Waals surface area contributed by atoms with Gasteiger partial charge >= 0.3 is 6.03 Å². The molecule has 1 aliphatic carbocycles. The van der Waals surface area contributed by atoms with Gasteiger partial charge in [0.2, 0.25) is 5.82 Å². The van der Waals surface area contributed by atoms with Crippen molar-refractivity contribution in [2.75, 3.05) is 43.4 Å². The molecule has 1 saturated heterocycles. The minimum atomic E-state index is -0.573. The Hall–Kier alpha value is -3.18. The van der Waals surface area contributed by atoms with Crippen LogP contribution in [-0.2, 0) is 5.54 Å². The Morgan fingerprint density at radius 3 is 2.45 bits per heavy atom. The van der Waals surface area contributed by atoms with Gasteiger partial charge in [0.05, 0.1) is 11.2 Å². The fraction of sp³-hybridized carbons (Fsp3) is 0.478. The van der Waals surface area contributed by atoms with E-state index in [-0.39, 0.29) is 11.9 Å². The number of nitriles is 1. The Kier molecular flexibility index (Phi) is 6.33. The number of anilines is 2. The first-order valence-corrected chi connectivity index (χ1v) is 10.9. The van der Waals surface area contributed by atoms with Gasteiger partial charge in [0.15, 0.2) is 0 Å². The van der Waals surface area contributed by atoms with Crippen LogP contribution in [0.4, 0.5) is 16.2 Å². The van der Waals surface area contributed by atoms with Crippen molar-refractivity contribution in [3.05, 3.63) is 48.0 Å². The number of benzene rings is 1. The number of urea groups is 1. The molecule has 31 heavy (non-hydrogen) atoms. The lowest BCUT2D eigenvalue weighted by Gasteiger charge is -2.37. The molecule has 2 heterocycles. The quantitative estimate of drug-likeness (QED) is 0.790. The van der Waals surface area contributed by atoms with E-state index in [1.807, 2.05) is 18.2 Å². The van der Waals surface area contributed by atoms with Crippen LogP contribution in [-0.4, -0.2) is 54.1 Å². The zero-order chi connectivity index (χ0) is 21.7. The maximum atomic E-state index is 12.9. The molecule has 1 aliphatic heterocycles. The van der Waals surface area contributed by atoms with Gasteiger partial charge < -0.3 is 20.4 Å². The van der Waals surface area contributed by atoms with Gasteiger partial charge in [0, 0.05) is 43.8 Å². The molecule has 1 aromatic heterocycles. The monoisotopic (exact) mass is 419 g/mol. The minimum Gasteiger partial charge on any atom is -0.369 e. The SMILES string of the molecule is CN1CCN(c2ccc(NC(=O)NC3(c4ccnc(C#N)n4)CCCCC3)cc2)CC1. The summed E-state index contributed by atoms with van der Waals surface area (Å²) in [5.41, 5.74) is 2.06. The average molecular weight is 420 g/mol. The predicted molar refractivity (Wildman–Crippen MR) is 120 cm³/mol. The summed E-state index contributed by atoms with van der Waals surface area (Å²) in [7, 11) is 2.14. The number of nitrogens with zero attached hydrogens (tertiary/aromatic N) is 5. The van der Waals surface area contributed by atoms with Crippen LogP contribution in [0.1, 0.15) is 43.6 Å². The first-order chi connectivity index (χ1) is 15.1. The van der Waals surface area contributed by atoms with Gasteiger partial charge in [-0.25, -0.2) is 14.8 Å². The molecule has 0 radical (unpaired) electrons. The van der Waals surface area contributed by atoms with Crippen molar-refractivity contribution in [2.45, 2.75) is 37.6 Å². The van der Waals surface area contributed by atoms with Crippen molar-refractivity contribution in [3.8, 4) is 6.07 Å². The Labute approximate surface area is 183 Å². The van der Waals surface area contributed by atoms with Gasteiger partial charge in [-0.1, -0.05) is 19.3 Å². The predicted octanol–water partition coefficient (Wildman–Crippen LogP) is 3.08. The molecule has 0 unspecified atom stereocenters. The maximum Gasteiger partial charge on any atom is 0.319 e. The summed E-state index contributed by atoms with van der Waals surface area (Å²) in [5, 5.41) is 15.3. The second-order valence-electron chi connectivity index (χ2n) is 8.44. The highest BCUT2D eigenvalue weighted by atomic mass is 16.2. The molecule has 0 atom stereocenters. The topological polar surface area (TPSA) is 97.2 Å². The van der Waals surface area contributed by atoms with Crippen molar-refractivity contribution in [1.29, 1.82) is 5.26 Å². The standard InChI is InChI=1S/C23H29N7O/c1-29-13-15-30(16-14-29)19-7-5-18(6-8-19)26-22(31)28-23(10-3-2-4-11-23)20-9-12-25-21(17-24)27-20/h5-9,12H,2-4,10-11,13-16H2,1H3,(H2,26,28,31). The van der Waals surface area contributed by atoms with Crippen molar-refractivity contribution in [1.82, 2.24) is 20.2 Å². The van der Waals surface area contributed by atoms with Crippen molar-refractivity contribution >= 4 is 17.4 Å². The number of aromatic nitrogens is 2. The molecular formula is C23H29N7O. The van der Waals surface area contributed by atoms with E-state index in [4.69, 9.17) is 0 Å². The molecule has 0 spiro atoms. The highest BCUT2D eigenvalue weighted by Crippen LogP contribution is 2.36. The van der Waals surface area contributed by atoms with E-state index in [0.29, 0.717) is 5.69 Å². The van der Waals surface area contributed by atoms with Gasteiger partial charge in [-0.05, 0) is 50.2 Å². The van der Waals surface area contributed by atoms with E-state index in [2.05, 4.69) is 49.6 Å². The number of carbonyl (C=O) groups excluding carboxylic acids is 1. The number of hydrogen-bond acceptors (Lipinski definition) is 6. The van der Waals surface area contributed by atoms with Gasteiger partial charge in [-0.3, -0.25) is 0 Å². The van der Waals surface area contributed by atoms with Crippen molar-refractivity contribution in [2.24, 2.45) is 0 Å². The number of rotatable bonds is 4. The van der Waals surface area contributed by atoms with E-state index in [9.17, 15) is 10.1 Å². The Morgan fingerprint density at radius 2 is 1.77 bits per heavy atom. The van der Waals surface area contributed by atoms with Crippen LogP contribution in [0.15, 0.2) is 36.5 Å². The summed E-state index contributed by atoms with van der Waals surface area (Å²) in [6.07, 6.45) is 6.33. The normalized spacial score (nSPS) is 18.8. The number of likely N-dealkylation sites (N-methyl/N-ethyl adjacent to an activating group) is 1. The van der Waals surface area contributed by atoms with Crippen LogP contribution >= 0.6 is 0 Å². The number of hydrogen-bond donors (Lipinski definition) is 2. The van der Waals surface area contributed by atoms with Crippen molar-refractivity contribution < 1.29 is 4.79 Å². The summed E-state index contributed by atoms with van der Waals surface area (Å²) in [6.45, 7) is 4.13. The van der Waals surface area contributed by atoms with Crippen LogP contribution in [0, 0.1) is 11.3 Å². The highest BCUT2D eigenvalue weighted by molar-refractivity contribution is 5.90. The summed E-state index contributed by atoms with van der Waals surface area (Å²) in [5.74, 6) is 0.129. The zero-order valence-corrected chi connectivity index (χ0v) is 18.0. The maximum absolute atomic E-state index is 12.9. The molecule has 2 N–H and O–H groups in total. The molecule has 2 aliphatic rings. The van der Waals surface area contributed by atoms with E-state index < -0.39 is 5.54 Å². The first kappa shape index (κ1) is 21.1. The van der Waals surface area contributed by atoms with Gasteiger partial charge in [-0.2, -0.15) is 5.26 Å². The third kappa shape index (κ3) is 4.94. The smallest absolute Gasteiger partial charge is 0.319 e. The van der Waals surface area contributed by atoms with Crippen LogP contribution in [0.3, 0.4) is 0 Å². The number of carbonyl (C=O) groups is 1. The van der Waals surface area contributed by atoms with Crippen LogP contribution < -0.4 is 15.5 Å². The van der Waals surface area contributed by atoms with E-state index in [1.165, 1.54) is 5.69 Å². The number of nitrogens with one attached hydrogen (secondary N) is 2. The third-order valence-corrected chi connectivity index (χ3v) is 6.30. The molecule has 2 amide bonds. The van der Waals surface area contributed by atoms with E-state index in [1.54, 1.807) is 12.3 Å². The van der Waals surface area contributed by atoms with E-state index >= 15 is 0 Å². The van der Waals surface area contributed by atoms with Gasteiger partial charge in [-0.15, -0.1) is 0 Å². The number of piperazine rings is 1. The summed E-state index contributed by atoms with van der Waals surface area (Å²) in [6, 6.07) is 11.5. The lowest BCUT2D eigenvalue weighted by Crippen LogP contribution is -2.49. The zero-order valence-electron chi connectivity index (χ0n) is 18.0. The first-order valence-electron chi connectivity index (χ1n) is 10.9.